The molecule has 0 bridgehead atoms. The van der Waals surface area contributed by atoms with Crippen molar-refractivity contribution in [1.82, 2.24) is 4.98 Å². The minimum atomic E-state index is -1.50. The molecule has 0 aliphatic heterocycles. The fourth-order valence-electron chi connectivity index (χ4n) is 4.02. The summed E-state index contributed by atoms with van der Waals surface area (Å²) in [4.78, 5) is 3.97. The maximum absolute atomic E-state index is 3.97. The largest absolute Gasteiger partial charge is 0.332 e. The molecule has 0 saturated carbocycles. The highest BCUT2D eigenvalue weighted by molar-refractivity contribution is 6.76. The molecule has 1 aliphatic rings. The van der Waals surface area contributed by atoms with Gasteiger partial charge in [-0.15, -0.1) is 0 Å². The Labute approximate surface area is 126 Å². The summed E-state index contributed by atoms with van der Waals surface area (Å²) in [5, 5.41) is 0. The van der Waals surface area contributed by atoms with Gasteiger partial charge >= 0.3 is 0 Å². The summed E-state index contributed by atoms with van der Waals surface area (Å²) in [6, 6.07) is 9.15. The van der Waals surface area contributed by atoms with E-state index in [0.717, 1.165) is 5.54 Å². The third kappa shape index (κ3) is 3.17. The van der Waals surface area contributed by atoms with Crippen LogP contribution in [0.4, 0.5) is 0 Å². The van der Waals surface area contributed by atoms with Gasteiger partial charge in [0.1, 0.15) is 8.24 Å². The van der Waals surface area contributed by atoms with E-state index in [1.54, 1.807) is 11.1 Å². The second kappa shape index (κ2) is 4.99. The monoisotopic (exact) mass is 289 g/mol. The number of hydrogen-bond acceptors (Lipinski definition) is 1. The summed E-state index contributed by atoms with van der Waals surface area (Å²) in [6.45, 7) is 16.7. The molecule has 0 radical (unpaired) electrons. The molecule has 2 rings (SSSR count). The molecule has 0 fully saturated rings. The van der Waals surface area contributed by atoms with Gasteiger partial charge in [-0.25, -0.2) is 0 Å². The average Bonchev–Trinajstić information content (AvgIpc) is 2.25. The zero-order valence-corrected chi connectivity index (χ0v) is 15.3. The Morgan fingerprint density at radius 3 is 2.35 bits per heavy atom. The molecule has 112 valence electrons. The van der Waals surface area contributed by atoms with Gasteiger partial charge in [0.15, 0.2) is 0 Å². The van der Waals surface area contributed by atoms with E-state index < -0.39 is 8.24 Å². The molecule has 1 N–H and O–H groups in total. The lowest BCUT2D eigenvalue weighted by Crippen LogP contribution is -2.59. The van der Waals surface area contributed by atoms with E-state index in [2.05, 4.69) is 77.0 Å². The molecular weight excluding hydrogens is 258 g/mol. The van der Waals surface area contributed by atoms with Crippen molar-refractivity contribution in [2.75, 3.05) is 0 Å². The van der Waals surface area contributed by atoms with Crippen LogP contribution in [-0.2, 0) is 5.41 Å². The minimum Gasteiger partial charge on any atom is -0.332 e. The molecule has 0 spiro atoms. The van der Waals surface area contributed by atoms with Crippen molar-refractivity contribution in [3.05, 3.63) is 35.4 Å². The average molecular weight is 290 g/mol. The first-order valence-electron chi connectivity index (χ1n) is 7.92. The molecule has 0 saturated heterocycles. The first kappa shape index (κ1) is 15.8. The quantitative estimate of drug-likeness (QED) is 0.758. The molecule has 1 aromatic carbocycles. The van der Waals surface area contributed by atoms with Gasteiger partial charge in [-0.1, -0.05) is 51.2 Å². The third-order valence-electron chi connectivity index (χ3n) is 4.69. The van der Waals surface area contributed by atoms with Crippen molar-refractivity contribution in [2.24, 2.45) is 0 Å². The highest BCUT2D eigenvalue weighted by atomic mass is 28.3. The van der Waals surface area contributed by atoms with Crippen LogP contribution in [0.25, 0.3) is 0 Å². The Kier molecular flexibility index (Phi) is 3.94. The van der Waals surface area contributed by atoms with Crippen LogP contribution in [0.15, 0.2) is 24.3 Å². The standard InChI is InChI=1S/C18H31NSi/c1-17(2,3)19-20(6,7)16-12-13-18(4,5)15-11-9-8-10-14(15)16/h8-11,16,19H,12-13H2,1-7H3. The van der Waals surface area contributed by atoms with Crippen LogP contribution >= 0.6 is 0 Å². The molecule has 1 aromatic rings. The van der Waals surface area contributed by atoms with Crippen LogP contribution in [-0.4, -0.2) is 13.8 Å². The molecule has 2 heteroatoms. The smallest absolute Gasteiger partial charge is 0.127 e. The van der Waals surface area contributed by atoms with E-state index in [0.29, 0.717) is 5.41 Å². The van der Waals surface area contributed by atoms with Crippen LogP contribution in [0.3, 0.4) is 0 Å². The second-order valence-corrected chi connectivity index (χ2v) is 13.0. The Morgan fingerprint density at radius 2 is 1.75 bits per heavy atom. The first-order valence-corrected chi connectivity index (χ1v) is 11.0. The van der Waals surface area contributed by atoms with Crippen LogP contribution in [0.5, 0.6) is 0 Å². The van der Waals surface area contributed by atoms with Crippen molar-refractivity contribution in [3.8, 4) is 0 Å². The molecule has 0 heterocycles. The van der Waals surface area contributed by atoms with Crippen molar-refractivity contribution >= 4 is 8.24 Å². The predicted molar refractivity (Wildman–Crippen MR) is 91.8 cm³/mol. The lowest BCUT2D eigenvalue weighted by Gasteiger charge is -2.45. The number of hydrogen-bond donors (Lipinski definition) is 1. The number of benzene rings is 1. The van der Waals surface area contributed by atoms with Crippen molar-refractivity contribution in [2.45, 2.75) is 77.0 Å². The van der Waals surface area contributed by atoms with E-state index >= 15 is 0 Å². The van der Waals surface area contributed by atoms with Gasteiger partial charge in [0.25, 0.3) is 0 Å². The number of fused-ring (bicyclic) bond motifs is 1. The lowest BCUT2D eigenvalue weighted by atomic mass is 9.72. The summed E-state index contributed by atoms with van der Waals surface area (Å²) in [5.74, 6) is 0. The van der Waals surface area contributed by atoms with Gasteiger partial charge in [-0.3, -0.25) is 0 Å². The topological polar surface area (TPSA) is 12.0 Å². The minimum absolute atomic E-state index is 0.206. The van der Waals surface area contributed by atoms with Gasteiger partial charge < -0.3 is 4.98 Å². The zero-order valence-electron chi connectivity index (χ0n) is 14.3. The maximum Gasteiger partial charge on any atom is 0.127 e. The number of rotatable bonds is 2. The fourth-order valence-corrected chi connectivity index (χ4v) is 8.02. The Hall–Kier alpha value is -0.603. The van der Waals surface area contributed by atoms with E-state index in [9.17, 15) is 0 Å². The van der Waals surface area contributed by atoms with E-state index in [-0.39, 0.29) is 5.54 Å². The Balaban J connectivity index is 2.40. The van der Waals surface area contributed by atoms with Crippen molar-refractivity contribution < 1.29 is 0 Å². The first-order chi connectivity index (χ1) is 9.03. The summed E-state index contributed by atoms with van der Waals surface area (Å²) in [5.41, 5.74) is 4.45. The van der Waals surface area contributed by atoms with Crippen LogP contribution in [0.1, 0.15) is 64.1 Å². The predicted octanol–water partition coefficient (Wildman–Crippen LogP) is 4.97. The zero-order chi connectivity index (χ0) is 15.2. The number of nitrogens with one attached hydrogen (secondary N) is 1. The molecular formula is C18H31NSi. The molecule has 0 aromatic heterocycles. The molecule has 0 amide bonds. The van der Waals surface area contributed by atoms with Gasteiger partial charge in [-0.2, -0.15) is 0 Å². The summed E-state index contributed by atoms with van der Waals surface area (Å²) in [6.07, 6.45) is 2.63. The van der Waals surface area contributed by atoms with Crippen LogP contribution in [0.2, 0.25) is 13.1 Å². The van der Waals surface area contributed by atoms with Gasteiger partial charge in [0.05, 0.1) is 0 Å². The summed E-state index contributed by atoms with van der Waals surface area (Å²) < 4.78 is 0. The summed E-state index contributed by atoms with van der Waals surface area (Å²) >= 11 is 0. The van der Waals surface area contributed by atoms with Crippen LogP contribution in [0, 0.1) is 0 Å². The molecule has 1 aliphatic carbocycles. The van der Waals surface area contributed by atoms with Gasteiger partial charge in [0, 0.05) is 5.54 Å². The van der Waals surface area contributed by atoms with E-state index in [4.69, 9.17) is 0 Å². The molecule has 1 atom stereocenters. The van der Waals surface area contributed by atoms with E-state index in [1.165, 1.54) is 12.8 Å². The summed E-state index contributed by atoms with van der Waals surface area (Å²) in [7, 11) is -1.50. The van der Waals surface area contributed by atoms with Crippen molar-refractivity contribution in [3.63, 3.8) is 0 Å². The van der Waals surface area contributed by atoms with Crippen LogP contribution < -0.4 is 4.98 Å². The molecule has 20 heavy (non-hydrogen) atoms. The molecule has 1 unspecified atom stereocenters. The van der Waals surface area contributed by atoms with Crippen molar-refractivity contribution in [1.29, 1.82) is 0 Å². The van der Waals surface area contributed by atoms with Gasteiger partial charge in [0.2, 0.25) is 0 Å². The second-order valence-electron chi connectivity index (χ2n) is 8.66. The SMILES string of the molecule is CC(C)(C)N[Si](C)(C)C1CCC(C)(C)c2ccccc21. The highest BCUT2D eigenvalue weighted by Gasteiger charge is 2.42. The Bertz CT molecular complexity index is 482. The molecule has 1 nitrogen and oxygen atoms in total. The normalized spacial score (nSPS) is 22.4. The highest BCUT2D eigenvalue weighted by Crippen LogP contribution is 2.45. The van der Waals surface area contributed by atoms with E-state index in [1.807, 2.05) is 0 Å². The van der Waals surface area contributed by atoms with Gasteiger partial charge in [-0.05, 0) is 55.7 Å². The third-order valence-corrected chi connectivity index (χ3v) is 8.43. The maximum atomic E-state index is 3.97. The Morgan fingerprint density at radius 1 is 1.15 bits per heavy atom. The fraction of sp³-hybridized carbons (Fsp3) is 0.667. The lowest BCUT2D eigenvalue weighted by molar-refractivity contribution is 0.414.